The van der Waals surface area contributed by atoms with Crippen LogP contribution in [0.4, 0.5) is 8.78 Å². The monoisotopic (exact) mass is 246 g/mol. The Bertz CT molecular complexity index is 366. The lowest BCUT2D eigenvalue weighted by Gasteiger charge is -2.11. The standard InChI is InChI=1S/C12H13ClF2O/c1-8-6-10(4-3-5-13)7-9(2)11(8)16-12(14)15/h3-4,6-7,12H,5H2,1-2H3. The number of halogens is 3. The van der Waals surface area contributed by atoms with Gasteiger partial charge in [-0.25, -0.2) is 0 Å². The molecule has 1 rings (SSSR count). The quantitative estimate of drug-likeness (QED) is 0.725. The lowest BCUT2D eigenvalue weighted by atomic mass is 10.1. The van der Waals surface area contributed by atoms with E-state index in [4.69, 9.17) is 11.6 Å². The lowest BCUT2D eigenvalue weighted by Crippen LogP contribution is -2.05. The van der Waals surface area contributed by atoms with Gasteiger partial charge in [0.2, 0.25) is 0 Å². The minimum atomic E-state index is -2.79. The average Bonchev–Trinajstić information content (AvgIpc) is 2.20. The largest absolute Gasteiger partial charge is 0.434 e. The van der Waals surface area contributed by atoms with Crippen LogP contribution in [-0.4, -0.2) is 12.5 Å². The molecule has 0 spiro atoms. The Balaban J connectivity index is 3.02. The highest BCUT2D eigenvalue weighted by molar-refractivity contribution is 6.19. The molecule has 0 aliphatic heterocycles. The van der Waals surface area contributed by atoms with Crippen molar-refractivity contribution in [2.75, 3.05) is 5.88 Å². The van der Waals surface area contributed by atoms with Gasteiger partial charge in [0, 0.05) is 5.88 Å². The van der Waals surface area contributed by atoms with Crippen LogP contribution in [0.25, 0.3) is 6.08 Å². The first kappa shape index (κ1) is 13.0. The molecule has 0 aliphatic rings. The first-order chi connectivity index (χ1) is 7.54. The summed E-state index contributed by atoms with van der Waals surface area (Å²) in [6.07, 6.45) is 3.64. The molecule has 1 aromatic rings. The highest BCUT2D eigenvalue weighted by Crippen LogP contribution is 2.26. The van der Waals surface area contributed by atoms with Crippen molar-refractivity contribution in [1.82, 2.24) is 0 Å². The lowest BCUT2D eigenvalue weighted by molar-refractivity contribution is -0.0507. The molecule has 0 aliphatic carbocycles. The van der Waals surface area contributed by atoms with E-state index < -0.39 is 6.61 Å². The molecule has 0 saturated carbocycles. The number of alkyl halides is 3. The van der Waals surface area contributed by atoms with Gasteiger partial charge in [-0.3, -0.25) is 0 Å². The summed E-state index contributed by atoms with van der Waals surface area (Å²) in [5.74, 6) is 0.672. The summed E-state index contributed by atoms with van der Waals surface area (Å²) in [7, 11) is 0. The fourth-order valence-electron chi connectivity index (χ4n) is 1.54. The second kappa shape index (κ2) is 5.85. The van der Waals surface area contributed by atoms with E-state index in [0.29, 0.717) is 17.0 Å². The van der Waals surface area contributed by atoms with Crippen molar-refractivity contribution in [2.45, 2.75) is 20.5 Å². The molecule has 0 saturated heterocycles. The maximum absolute atomic E-state index is 12.1. The van der Waals surface area contributed by atoms with Crippen molar-refractivity contribution in [2.24, 2.45) is 0 Å². The zero-order chi connectivity index (χ0) is 12.1. The Labute approximate surface area is 98.7 Å². The SMILES string of the molecule is Cc1cc(C=CCCl)cc(C)c1OC(F)F. The number of ether oxygens (including phenoxy) is 1. The van der Waals surface area contributed by atoms with E-state index in [-0.39, 0.29) is 5.75 Å². The first-order valence-corrected chi connectivity index (χ1v) is 5.36. The third-order valence-electron chi connectivity index (χ3n) is 2.09. The number of allylic oxidation sites excluding steroid dienone is 1. The molecule has 1 aromatic carbocycles. The van der Waals surface area contributed by atoms with Crippen LogP contribution in [0.15, 0.2) is 18.2 Å². The number of rotatable bonds is 4. The maximum atomic E-state index is 12.1. The molecular weight excluding hydrogens is 234 g/mol. The molecular formula is C12H13ClF2O. The summed E-state index contributed by atoms with van der Waals surface area (Å²) in [5.41, 5.74) is 2.31. The molecule has 0 atom stereocenters. The number of benzene rings is 1. The molecule has 4 heteroatoms. The zero-order valence-electron chi connectivity index (χ0n) is 9.14. The van der Waals surface area contributed by atoms with Crippen molar-refractivity contribution < 1.29 is 13.5 Å². The maximum Gasteiger partial charge on any atom is 0.387 e. The summed E-state index contributed by atoms with van der Waals surface area (Å²) in [6, 6.07) is 3.57. The predicted molar refractivity (Wildman–Crippen MR) is 62.3 cm³/mol. The van der Waals surface area contributed by atoms with Crippen molar-refractivity contribution >= 4 is 17.7 Å². The molecule has 88 valence electrons. The fraction of sp³-hybridized carbons (Fsp3) is 0.333. The van der Waals surface area contributed by atoms with Crippen LogP contribution in [0.3, 0.4) is 0 Å². The molecule has 0 aromatic heterocycles. The molecule has 0 heterocycles. The van der Waals surface area contributed by atoms with Gasteiger partial charge in [-0.1, -0.05) is 12.2 Å². The molecule has 0 fully saturated rings. The first-order valence-electron chi connectivity index (χ1n) is 4.83. The summed E-state index contributed by atoms with van der Waals surface area (Å²) in [6.45, 7) is 0.688. The molecule has 16 heavy (non-hydrogen) atoms. The third kappa shape index (κ3) is 3.49. The van der Waals surface area contributed by atoms with Crippen LogP contribution in [0, 0.1) is 13.8 Å². The second-order valence-electron chi connectivity index (χ2n) is 3.42. The normalized spacial score (nSPS) is 11.4. The van der Waals surface area contributed by atoms with E-state index in [0.717, 1.165) is 5.56 Å². The van der Waals surface area contributed by atoms with Crippen LogP contribution in [0.5, 0.6) is 5.75 Å². The average molecular weight is 247 g/mol. The van der Waals surface area contributed by atoms with Crippen LogP contribution in [0.1, 0.15) is 16.7 Å². The van der Waals surface area contributed by atoms with Gasteiger partial charge < -0.3 is 4.74 Å². The molecule has 0 unspecified atom stereocenters. The Morgan fingerprint density at radius 2 is 1.88 bits per heavy atom. The van der Waals surface area contributed by atoms with Gasteiger partial charge in [-0.2, -0.15) is 8.78 Å². The molecule has 0 amide bonds. The minimum Gasteiger partial charge on any atom is -0.434 e. The van der Waals surface area contributed by atoms with Crippen LogP contribution < -0.4 is 4.74 Å². The van der Waals surface area contributed by atoms with E-state index in [1.54, 1.807) is 32.1 Å². The van der Waals surface area contributed by atoms with E-state index >= 15 is 0 Å². The second-order valence-corrected chi connectivity index (χ2v) is 3.73. The van der Waals surface area contributed by atoms with E-state index in [9.17, 15) is 8.78 Å². The highest BCUT2D eigenvalue weighted by Gasteiger charge is 2.10. The summed E-state index contributed by atoms with van der Waals surface area (Å²) in [4.78, 5) is 0. The highest BCUT2D eigenvalue weighted by atomic mass is 35.5. The Morgan fingerprint density at radius 3 is 2.31 bits per heavy atom. The fourth-order valence-corrected chi connectivity index (χ4v) is 1.62. The van der Waals surface area contributed by atoms with Crippen molar-refractivity contribution in [3.8, 4) is 5.75 Å². The van der Waals surface area contributed by atoms with Crippen LogP contribution in [0.2, 0.25) is 0 Å². The van der Waals surface area contributed by atoms with E-state index in [1.807, 2.05) is 6.08 Å². The van der Waals surface area contributed by atoms with Gasteiger partial charge in [-0.05, 0) is 42.7 Å². The summed E-state index contributed by atoms with van der Waals surface area (Å²) in [5, 5.41) is 0. The topological polar surface area (TPSA) is 9.23 Å². The van der Waals surface area contributed by atoms with Gasteiger partial charge >= 0.3 is 6.61 Å². The Morgan fingerprint density at radius 1 is 1.31 bits per heavy atom. The Hall–Kier alpha value is -1.09. The van der Waals surface area contributed by atoms with Crippen LogP contribution in [-0.2, 0) is 0 Å². The number of aryl methyl sites for hydroxylation is 2. The Kier molecular flexibility index (Phi) is 4.74. The predicted octanol–water partition coefficient (Wildman–Crippen LogP) is 4.16. The van der Waals surface area contributed by atoms with E-state index in [2.05, 4.69) is 4.74 Å². The van der Waals surface area contributed by atoms with Crippen LogP contribution >= 0.6 is 11.6 Å². The minimum absolute atomic E-state index is 0.248. The molecule has 0 radical (unpaired) electrons. The van der Waals surface area contributed by atoms with Crippen molar-refractivity contribution in [3.05, 3.63) is 34.9 Å². The van der Waals surface area contributed by atoms with Crippen molar-refractivity contribution in [3.63, 3.8) is 0 Å². The van der Waals surface area contributed by atoms with Crippen molar-refractivity contribution in [1.29, 1.82) is 0 Å². The van der Waals surface area contributed by atoms with Gasteiger partial charge in [0.1, 0.15) is 5.75 Å². The number of hydrogen-bond donors (Lipinski definition) is 0. The molecule has 1 nitrogen and oxygen atoms in total. The zero-order valence-corrected chi connectivity index (χ0v) is 9.89. The van der Waals surface area contributed by atoms with Gasteiger partial charge in [-0.15, -0.1) is 11.6 Å². The summed E-state index contributed by atoms with van der Waals surface area (Å²) >= 11 is 5.52. The molecule has 0 N–H and O–H groups in total. The third-order valence-corrected chi connectivity index (χ3v) is 2.27. The van der Waals surface area contributed by atoms with Gasteiger partial charge in [0.25, 0.3) is 0 Å². The summed E-state index contributed by atoms with van der Waals surface area (Å²) < 4.78 is 28.7. The van der Waals surface area contributed by atoms with Gasteiger partial charge in [0.15, 0.2) is 0 Å². The molecule has 0 bridgehead atoms. The van der Waals surface area contributed by atoms with Gasteiger partial charge in [0.05, 0.1) is 0 Å². The smallest absolute Gasteiger partial charge is 0.387 e. The van der Waals surface area contributed by atoms with E-state index in [1.165, 1.54) is 0 Å². The number of hydrogen-bond acceptors (Lipinski definition) is 1.